The van der Waals surface area contributed by atoms with Crippen LogP contribution in [0.4, 0.5) is 0 Å². The van der Waals surface area contributed by atoms with Crippen LogP contribution in [0.5, 0.6) is 5.75 Å². The van der Waals surface area contributed by atoms with Gasteiger partial charge >= 0.3 is 0 Å². The zero-order chi connectivity index (χ0) is 15.7. The summed E-state index contributed by atoms with van der Waals surface area (Å²) in [6.45, 7) is 0. The van der Waals surface area contributed by atoms with Gasteiger partial charge in [0.1, 0.15) is 5.75 Å². The van der Waals surface area contributed by atoms with E-state index in [0.717, 1.165) is 5.56 Å². The van der Waals surface area contributed by atoms with Crippen LogP contribution in [0.25, 0.3) is 0 Å². The molecule has 1 heterocycles. The molecule has 1 aliphatic rings. The van der Waals surface area contributed by atoms with Crippen LogP contribution < -0.4 is 5.73 Å². The third kappa shape index (κ3) is 3.00. The Morgan fingerprint density at radius 2 is 1.95 bits per heavy atom. The van der Waals surface area contributed by atoms with E-state index >= 15 is 0 Å². The SMILES string of the molecule is NC1=N[C@H](c2ccccc2)CC(c2cc(Cl)cc(Br)c2O)=N1. The maximum atomic E-state index is 10.3. The van der Waals surface area contributed by atoms with E-state index in [4.69, 9.17) is 17.3 Å². The topological polar surface area (TPSA) is 71.0 Å². The van der Waals surface area contributed by atoms with E-state index in [1.807, 2.05) is 30.3 Å². The van der Waals surface area contributed by atoms with Crippen molar-refractivity contribution >= 4 is 39.2 Å². The Labute approximate surface area is 141 Å². The average molecular weight is 379 g/mol. The first-order valence-corrected chi connectivity index (χ1v) is 7.86. The molecule has 3 N–H and O–H groups in total. The second-order valence-electron chi connectivity index (χ2n) is 4.96. The molecule has 0 fully saturated rings. The highest BCUT2D eigenvalue weighted by Gasteiger charge is 2.22. The molecular formula is C16H13BrClN3O. The van der Waals surface area contributed by atoms with Crippen molar-refractivity contribution in [2.45, 2.75) is 12.5 Å². The van der Waals surface area contributed by atoms with Gasteiger partial charge in [0.2, 0.25) is 5.96 Å². The Kier molecular flexibility index (Phi) is 4.18. The molecule has 1 atom stereocenters. The minimum Gasteiger partial charge on any atom is -0.506 e. The molecule has 0 aromatic heterocycles. The molecule has 0 aliphatic carbocycles. The van der Waals surface area contributed by atoms with E-state index in [-0.39, 0.29) is 17.8 Å². The van der Waals surface area contributed by atoms with Gasteiger partial charge in [-0.05, 0) is 33.6 Å². The van der Waals surface area contributed by atoms with Gasteiger partial charge < -0.3 is 10.8 Å². The zero-order valence-corrected chi connectivity index (χ0v) is 13.8. The molecule has 6 heteroatoms. The van der Waals surface area contributed by atoms with Crippen molar-refractivity contribution in [3.05, 3.63) is 63.1 Å². The quantitative estimate of drug-likeness (QED) is 0.827. The first-order valence-electron chi connectivity index (χ1n) is 6.69. The lowest BCUT2D eigenvalue weighted by Crippen LogP contribution is -2.21. The molecule has 0 saturated carbocycles. The highest BCUT2D eigenvalue weighted by atomic mass is 79.9. The molecule has 4 nitrogen and oxygen atoms in total. The van der Waals surface area contributed by atoms with Gasteiger partial charge in [0.25, 0.3) is 0 Å². The van der Waals surface area contributed by atoms with E-state index in [1.54, 1.807) is 12.1 Å². The van der Waals surface area contributed by atoms with Crippen molar-refractivity contribution in [3.63, 3.8) is 0 Å². The summed E-state index contributed by atoms with van der Waals surface area (Å²) in [5.74, 6) is 0.301. The smallest absolute Gasteiger partial charge is 0.216 e. The first-order chi connectivity index (χ1) is 10.5. The Morgan fingerprint density at radius 1 is 1.23 bits per heavy atom. The number of phenolic OH excluding ortho intramolecular Hbond substituents is 1. The third-order valence-electron chi connectivity index (χ3n) is 3.45. The maximum absolute atomic E-state index is 10.3. The summed E-state index contributed by atoms with van der Waals surface area (Å²) in [5.41, 5.74) is 8.14. The normalized spacial score (nSPS) is 17.8. The van der Waals surface area contributed by atoms with E-state index < -0.39 is 0 Å². The molecule has 3 rings (SSSR count). The largest absolute Gasteiger partial charge is 0.506 e. The molecule has 0 radical (unpaired) electrons. The Balaban J connectivity index is 2.01. The van der Waals surface area contributed by atoms with E-state index in [9.17, 15) is 5.11 Å². The highest BCUT2D eigenvalue weighted by molar-refractivity contribution is 9.10. The molecule has 112 valence electrons. The number of nitrogens with two attached hydrogens (primary N) is 1. The number of nitrogens with zero attached hydrogens (tertiary/aromatic N) is 2. The van der Waals surface area contributed by atoms with Gasteiger partial charge in [-0.15, -0.1) is 0 Å². The molecule has 0 saturated heterocycles. The number of hydrogen-bond donors (Lipinski definition) is 2. The monoisotopic (exact) mass is 377 g/mol. The van der Waals surface area contributed by atoms with Crippen molar-refractivity contribution < 1.29 is 5.11 Å². The van der Waals surface area contributed by atoms with Gasteiger partial charge in [-0.1, -0.05) is 41.9 Å². The van der Waals surface area contributed by atoms with Crippen molar-refractivity contribution in [1.82, 2.24) is 0 Å². The number of aromatic hydroxyl groups is 1. The fourth-order valence-corrected chi connectivity index (χ4v) is 3.24. The molecule has 0 spiro atoms. The minimum atomic E-state index is -0.120. The standard InChI is InChI=1S/C16H13BrClN3O/c17-12-7-10(18)6-11(15(12)22)14-8-13(20-16(19)21-14)9-4-2-1-3-5-9/h1-7,13,22H,8H2,(H2,19,20)/t13-/m0/s1. The van der Waals surface area contributed by atoms with Crippen LogP contribution in [0.15, 0.2) is 56.9 Å². The molecule has 0 amide bonds. The van der Waals surface area contributed by atoms with Crippen molar-refractivity contribution in [2.24, 2.45) is 15.7 Å². The lowest BCUT2D eigenvalue weighted by molar-refractivity contribution is 0.470. The summed E-state index contributed by atoms with van der Waals surface area (Å²) >= 11 is 9.36. The van der Waals surface area contributed by atoms with Gasteiger partial charge in [0.05, 0.1) is 16.2 Å². The Hall–Kier alpha value is -1.85. The number of guanidine groups is 1. The molecule has 0 unspecified atom stereocenters. The van der Waals surface area contributed by atoms with Gasteiger partial charge in [0.15, 0.2) is 0 Å². The summed E-state index contributed by atoms with van der Waals surface area (Å²) < 4.78 is 0.523. The van der Waals surface area contributed by atoms with Crippen molar-refractivity contribution in [2.75, 3.05) is 0 Å². The summed E-state index contributed by atoms with van der Waals surface area (Å²) in [5, 5.41) is 10.8. The minimum absolute atomic E-state index is 0.102. The number of halogens is 2. The van der Waals surface area contributed by atoms with Crippen LogP contribution in [0.3, 0.4) is 0 Å². The first kappa shape index (κ1) is 15.1. The summed E-state index contributed by atoms with van der Waals surface area (Å²) in [6, 6.07) is 13.1. The van der Waals surface area contributed by atoms with E-state index in [2.05, 4.69) is 25.9 Å². The molecule has 0 bridgehead atoms. The van der Waals surface area contributed by atoms with Gasteiger partial charge in [-0.3, -0.25) is 0 Å². The predicted molar refractivity (Wildman–Crippen MR) is 92.8 cm³/mol. The third-order valence-corrected chi connectivity index (χ3v) is 4.27. The number of hydrogen-bond acceptors (Lipinski definition) is 4. The Bertz CT molecular complexity index is 774. The Morgan fingerprint density at radius 3 is 2.68 bits per heavy atom. The van der Waals surface area contributed by atoms with Crippen molar-refractivity contribution in [3.8, 4) is 5.75 Å². The lowest BCUT2D eigenvalue weighted by Gasteiger charge is -2.20. The van der Waals surface area contributed by atoms with Crippen LogP contribution in [0.1, 0.15) is 23.6 Å². The van der Waals surface area contributed by atoms with E-state index in [0.29, 0.717) is 27.2 Å². The summed E-state index contributed by atoms with van der Waals surface area (Å²) in [4.78, 5) is 8.66. The van der Waals surface area contributed by atoms with Crippen LogP contribution >= 0.6 is 27.5 Å². The average Bonchev–Trinajstić information content (AvgIpc) is 2.51. The predicted octanol–water partition coefficient (Wildman–Crippen LogP) is 4.06. The maximum Gasteiger partial charge on any atom is 0.216 e. The fourth-order valence-electron chi connectivity index (χ4n) is 2.42. The lowest BCUT2D eigenvalue weighted by atomic mass is 9.96. The van der Waals surface area contributed by atoms with Crippen LogP contribution in [-0.2, 0) is 0 Å². The molecule has 22 heavy (non-hydrogen) atoms. The number of benzene rings is 2. The van der Waals surface area contributed by atoms with Gasteiger partial charge in [0, 0.05) is 17.0 Å². The van der Waals surface area contributed by atoms with Crippen molar-refractivity contribution in [1.29, 1.82) is 0 Å². The van der Waals surface area contributed by atoms with Crippen LogP contribution in [0.2, 0.25) is 5.02 Å². The molecule has 2 aromatic carbocycles. The molecular weight excluding hydrogens is 366 g/mol. The fraction of sp³-hybridized carbons (Fsp3) is 0.125. The van der Waals surface area contributed by atoms with Crippen LogP contribution in [-0.4, -0.2) is 16.8 Å². The second kappa shape index (κ2) is 6.10. The van der Waals surface area contributed by atoms with E-state index in [1.165, 1.54) is 0 Å². The number of aliphatic imine (C=N–C) groups is 2. The molecule has 1 aliphatic heterocycles. The number of phenols is 1. The van der Waals surface area contributed by atoms with Crippen LogP contribution in [0, 0.1) is 0 Å². The molecule has 2 aromatic rings. The number of rotatable bonds is 2. The summed E-state index contributed by atoms with van der Waals surface area (Å²) in [6.07, 6.45) is 0.547. The zero-order valence-electron chi connectivity index (χ0n) is 11.5. The second-order valence-corrected chi connectivity index (χ2v) is 6.25. The van der Waals surface area contributed by atoms with Gasteiger partial charge in [-0.25, -0.2) is 9.98 Å². The highest BCUT2D eigenvalue weighted by Crippen LogP contribution is 2.35. The summed E-state index contributed by atoms with van der Waals surface area (Å²) in [7, 11) is 0. The van der Waals surface area contributed by atoms with Gasteiger partial charge in [-0.2, -0.15) is 0 Å².